The lowest BCUT2D eigenvalue weighted by Crippen LogP contribution is -2.30. The highest BCUT2D eigenvalue weighted by atomic mass is 32.2. The number of hydrogen-bond acceptors (Lipinski definition) is 3. The zero-order valence-electron chi connectivity index (χ0n) is 11.1. The summed E-state index contributed by atoms with van der Waals surface area (Å²) in [6.07, 6.45) is 0.930. The van der Waals surface area contributed by atoms with Crippen molar-refractivity contribution in [2.45, 2.75) is 32.1 Å². The fourth-order valence-electron chi connectivity index (χ4n) is 2.48. The molecule has 2 N–H and O–H groups in total. The predicted molar refractivity (Wildman–Crippen MR) is 72.9 cm³/mol. The first-order valence-electron chi connectivity index (χ1n) is 6.20. The molecule has 0 bridgehead atoms. The second kappa shape index (κ2) is 4.55. The topological polar surface area (TPSA) is 63.4 Å². The zero-order valence-corrected chi connectivity index (χ0v) is 11.9. The quantitative estimate of drug-likeness (QED) is 0.833. The van der Waals surface area contributed by atoms with E-state index in [-0.39, 0.29) is 0 Å². The lowest BCUT2D eigenvalue weighted by atomic mass is 10.1. The van der Waals surface area contributed by atoms with Gasteiger partial charge in [0.1, 0.15) is 0 Å². The van der Waals surface area contributed by atoms with E-state index in [2.05, 4.69) is 6.92 Å². The third kappa shape index (κ3) is 2.12. The minimum atomic E-state index is -3.40. The summed E-state index contributed by atoms with van der Waals surface area (Å²) in [5, 5.41) is 0. The third-order valence-electron chi connectivity index (χ3n) is 3.63. The van der Waals surface area contributed by atoms with Gasteiger partial charge in [-0.3, -0.25) is 0 Å². The van der Waals surface area contributed by atoms with Crippen LogP contribution in [0.25, 0.3) is 0 Å². The number of nitrogen functional groups attached to an aromatic ring is 1. The van der Waals surface area contributed by atoms with Gasteiger partial charge in [0, 0.05) is 18.8 Å². The van der Waals surface area contributed by atoms with Crippen molar-refractivity contribution in [3.05, 3.63) is 23.3 Å². The molecule has 18 heavy (non-hydrogen) atoms. The average Bonchev–Trinajstić information content (AvgIpc) is 2.71. The number of aryl methyl sites for hydroxylation is 1. The fraction of sp³-hybridized carbons (Fsp3) is 0.538. The Morgan fingerprint density at radius 3 is 2.56 bits per heavy atom. The molecule has 1 unspecified atom stereocenters. The van der Waals surface area contributed by atoms with Crippen LogP contribution in [0.5, 0.6) is 0 Å². The molecule has 0 aliphatic carbocycles. The lowest BCUT2D eigenvalue weighted by molar-refractivity contribution is 0.463. The molecule has 1 saturated heterocycles. The van der Waals surface area contributed by atoms with Gasteiger partial charge in [0.05, 0.1) is 4.90 Å². The Bertz CT molecular complexity index is 567. The molecule has 0 aromatic heterocycles. The van der Waals surface area contributed by atoms with Crippen molar-refractivity contribution in [2.24, 2.45) is 5.92 Å². The van der Waals surface area contributed by atoms with Crippen molar-refractivity contribution in [2.75, 3.05) is 18.8 Å². The van der Waals surface area contributed by atoms with E-state index in [4.69, 9.17) is 5.73 Å². The molecular formula is C13H20N2O2S. The van der Waals surface area contributed by atoms with Crippen molar-refractivity contribution in [3.8, 4) is 0 Å². The number of nitrogens with two attached hydrogens (primary N) is 1. The second-order valence-electron chi connectivity index (χ2n) is 5.18. The van der Waals surface area contributed by atoms with Crippen LogP contribution in [-0.4, -0.2) is 25.8 Å². The van der Waals surface area contributed by atoms with E-state index in [1.54, 1.807) is 23.4 Å². The molecule has 1 heterocycles. The SMILES string of the molecule is Cc1ccc(N)c(C)c1S(=O)(=O)N1CCC(C)C1. The lowest BCUT2D eigenvalue weighted by Gasteiger charge is -2.20. The molecule has 1 atom stereocenters. The van der Waals surface area contributed by atoms with E-state index < -0.39 is 10.0 Å². The predicted octanol–water partition coefficient (Wildman–Crippen LogP) is 1.92. The van der Waals surface area contributed by atoms with Gasteiger partial charge in [0.15, 0.2) is 0 Å². The van der Waals surface area contributed by atoms with Crippen molar-refractivity contribution >= 4 is 15.7 Å². The van der Waals surface area contributed by atoms with Crippen molar-refractivity contribution in [3.63, 3.8) is 0 Å². The highest BCUT2D eigenvalue weighted by Crippen LogP contribution is 2.30. The summed E-state index contributed by atoms with van der Waals surface area (Å²) in [6.45, 7) is 6.88. The van der Waals surface area contributed by atoms with Crippen LogP contribution in [0.15, 0.2) is 17.0 Å². The first-order chi connectivity index (χ1) is 8.34. The molecule has 4 nitrogen and oxygen atoms in total. The maximum atomic E-state index is 12.6. The first kappa shape index (κ1) is 13.4. The minimum absolute atomic E-state index is 0.386. The Morgan fingerprint density at radius 1 is 1.33 bits per heavy atom. The Kier molecular flexibility index (Phi) is 3.38. The maximum absolute atomic E-state index is 12.6. The molecule has 100 valence electrons. The summed E-state index contributed by atoms with van der Waals surface area (Å²) < 4.78 is 26.9. The van der Waals surface area contributed by atoms with Crippen LogP contribution in [0.1, 0.15) is 24.5 Å². The summed E-state index contributed by atoms with van der Waals surface area (Å²) in [6, 6.07) is 3.53. The molecule has 0 radical (unpaired) electrons. The highest BCUT2D eigenvalue weighted by molar-refractivity contribution is 7.89. The molecule has 1 fully saturated rings. The van der Waals surface area contributed by atoms with Crippen molar-refractivity contribution in [1.82, 2.24) is 4.31 Å². The van der Waals surface area contributed by atoms with Crippen LogP contribution in [0.3, 0.4) is 0 Å². The first-order valence-corrected chi connectivity index (χ1v) is 7.64. The smallest absolute Gasteiger partial charge is 0.243 e. The van der Waals surface area contributed by atoms with Crippen LogP contribution >= 0.6 is 0 Å². The summed E-state index contributed by atoms with van der Waals surface area (Å²) in [7, 11) is -3.40. The van der Waals surface area contributed by atoms with E-state index in [1.165, 1.54) is 0 Å². The zero-order chi connectivity index (χ0) is 13.5. The van der Waals surface area contributed by atoms with E-state index in [1.807, 2.05) is 6.92 Å². The van der Waals surface area contributed by atoms with Crippen molar-refractivity contribution in [1.29, 1.82) is 0 Å². The molecule has 0 saturated carbocycles. The third-order valence-corrected chi connectivity index (χ3v) is 5.78. The molecule has 1 aliphatic heterocycles. The number of nitrogens with zero attached hydrogens (tertiary/aromatic N) is 1. The molecule has 0 amide bonds. The van der Waals surface area contributed by atoms with Gasteiger partial charge >= 0.3 is 0 Å². The highest BCUT2D eigenvalue weighted by Gasteiger charge is 2.32. The van der Waals surface area contributed by atoms with E-state index >= 15 is 0 Å². The molecule has 1 aliphatic rings. The van der Waals surface area contributed by atoms with Crippen LogP contribution in [0.4, 0.5) is 5.69 Å². The summed E-state index contributed by atoms with van der Waals surface area (Å²) in [5.41, 5.74) is 7.79. The van der Waals surface area contributed by atoms with Gasteiger partial charge in [-0.25, -0.2) is 8.42 Å². The molecule has 5 heteroatoms. The number of anilines is 1. The summed E-state index contributed by atoms with van der Waals surface area (Å²) in [5.74, 6) is 0.432. The second-order valence-corrected chi connectivity index (χ2v) is 7.06. The average molecular weight is 268 g/mol. The number of sulfonamides is 1. The normalized spacial score (nSPS) is 21.4. The standard InChI is InChI=1S/C13H20N2O2S/c1-9-6-7-15(8-9)18(16,17)13-10(2)4-5-12(14)11(13)3/h4-5,9H,6-8,14H2,1-3H3. The van der Waals surface area contributed by atoms with Crippen LogP contribution in [0.2, 0.25) is 0 Å². The number of hydrogen-bond donors (Lipinski definition) is 1. The largest absolute Gasteiger partial charge is 0.398 e. The van der Waals surface area contributed by atoms with E-state index in [9.17, 15) is 8.42 Å². The molecule has 0 spiro atoms. The van der Waals surface area contributed by atoms with Gasteiger partial charge in [-0.1, -0.05) is 13.0 Å². The van der Waals surface area contributed by atoms with Gasteiger partial charge in [-0.05, 0) is 43.4 Å². The number of benzene rings is 1. The molecule has 2 rings (SSSR count). The van der Waals surface area contributed by atoms with E-state index in [0.717, 1.165) is 12.0 Å². The monoisotopic (exact) mass is 268 g/mol. The Morgan fingerprint density at radius 2 is 2.00 bits per heavy atom. The van der Waals surface area contributed by atoms with Gasteiger partial charge in [-0.15, -0.1) is 0 Å². The Hall–Kier alpha value is -1.07. The Balaban J connectivity index is 2.51. The van der Waals surface area contributed by atoms with E-state index in [0.29, 0.717) is 35.2 Å². The Labute approximate surface area is 109 Å². The number of rotatable bonds is 2. The molecular weight excluding hydrogens is 248 g/mol. The van der Waals surface area contributed by atoms with Gasteiger partial charge in [0.2, 0.25) is 10.0 Å². The maximum Gasteiger partial charge on any atom is 0.243 e. The molecule has 1 aromatic carbocycles. The van der Waals surface area contributed by atoms with Gasteiger partial charge in [0.25, 0.3) is 0 Å². The minimum Gasteiger partial charge on any atom is -0.398 e. The van der Waals surface area contributed by atoms with Gasteiger partial charge < -0.3 is 5.73 Å². The summed E-state index contributed by atoms with van der Waals surface area (Å²) >= 11 is 0. The van der Waals surface area contributed by atoms with Crippen molar-refractivity contribution < 1.29 is 8.42 Å². The van der Waals surface area contributed by atoms with Crippen LogP contribution in [-0.2, 0) is 10.0 Å². The van der Waals surface area contributed by atoms with Gasteiger partial charge in [-0.2, -0.15) is 4.31 Å². The molecule has 1 aromatic rings. The van der Waals surface area contributed by atoms with Crippen LogP contribution in [0, 0.1) is 19.8 Å². The summed E-state index contributed by atoms with van der Waals surface area (Å²) in [4.78, 5) is 0.386. The fourth-order valence-corrected chi connectivity index (χ4v) is 4.52. The van der Waals surface area contributed by atoms with Crippen LogP contribution < -0.4 is 5.73 Å².